The second-order valence-corrected chi connectivity index (χ2v) is 5.27. The molecule has 6 heteroatoms. The van der Waals surface area contributed by atoms with Crippen LogP contribution >= 0.6 is 22.6 Å². The molecule has 0 aromatic heterocycles. The summed E-state index contributed by atoms with van der Waals surface area (Å²) in [5.74, 6) is -1.74. The van der Waals surface area contributed by atoms with Crippen LogP contribution in [0.15, 0.2) is 42.5 Å². The Labute approximate surface area is 125 Å². The van der Waals surface area contributed by atoms with Crippen LogP contribution in [-0.2, 0) is 6.18 Å². The maximum atomic E-state index is 13.6. The highest BCUT2D eigenvalue weighted by Crippen LogP contribution is 2.30. The largest absolute Gasteiger partial charge is 0.416 e. The fourth-order valence-electron chi connectivity index (χ4n) is 1.63. The molecule has 1 nitrogen and oxygen atoms in total. The fraction of sp³-hybridized carbons (Fsp3) is 0.0714. The van der Waals surface area contributed by atoms with Gasteiger partial charge in [-0.05, 0) is 65.1 Å². The van der Waals surface area contributed by atoms with Gasteiger partial charge in [-0.15, -0.1) is 0 Å². The van der Waals surface area contributed by atoms with E-state index in [0.29, 0.717) is 18.2 Å². The first kappa shape index (κ1) is 15.0. The molecule has 2 aromatic carbocycles. The predicted octanol–water partition coefficient (Wildman–Crippen LogP) is 4.68. The van der Waals surface area contributed by atoms with E-state index in [1.165, 1.54) is 12.1 Å². The molecule has 0 aliphatic heterocycles. The summed E-state index contributed by atoms with van der Waals surface area (Å²) in [4.78, 5) is 12.0. The Morgan fingerprint density at radius 2 is 1.60 bits per heavy atom. The Morgan fingerprint density at radius 3 is 2.15 bits per heavy atom. The third-order valence-electron chi connectivity index (χ3n) is 2.64. The van der Waals surface area contributed by atoms with Crippen LogP contribution in [0.2, 0.25) is 0 Å². The Hall–Kier alpha value is -1.44. The summed E-state index contributed by atoms with van der Waals surface area (Å²) < 4.78 is 52.2. The minimum absolute atomic E-state index is 0.142. The van der Waals surface area contributed by atoms with Crippen LogP contribution in [0.5, 0.6) is 0 Å². The summed E-state index contributed by atoms with van der Waals surface area (Å²) in [5, 5.41) is 0. The fourth-order valence-corrected chi connectivity index (χ4v) is 1.99. The topological polar surface area (TPSA) is 17.1 Å². The molecule has 0 spiro atoms. The molecule has 0 unspecified atom stereocenters. The molecule has 0 heterocycles. The van der Waals surface area contributed by atoms with E-state index in [9.17, 15) is 22.4 Å². The van der Waals surface area contributed by atoms with Crippen molar-refractivity contribution in [2.75, 3.05) is 0 Å². The monoisotopic (exact) mass is 394 g/mol. The molecule has 0 bridgehead atoms. The van der Waals surface area contributed by atoms with Gasteiger partial charge in [0.15, 0.2) is 5.78 Å². The third-order valence-corrected chi connectivity index (χ3v) is 3.36. The lowest BCUT2D eigenvalue weighted by molar-refractivity contribution is -0.137. The van der Waals surface area contributed by atoms with E-state index in [4.69, 9.17) is 0 Å². The van der Waals surface area contributed by atoms with Gasteiger partial charge in [0, 0.05) is 9.13 Å². The Bertz CT molecular complexity index is 647. The molecule has 2 aromatic rings. The van der Waals surface area contributed by atoms with Crippen molar-refractivity contribution in [2.45, 2.75) is 6.18 Å². The number of hydrogen-bond acceptors (Lipinski definition) is 1. The van der Waals surface area contributed by atoms with E-state index in [-0.39, 0.29) is 5.56 Å². The average molecular weight is 394 g/mol. The Balaban J connectivity index is 2.46. The van der Waals surface area contributed by atoms with Crippen molar-refractivity contribution in [2.24, 2.45) is 0 Å². The van der Waals surface area contributed by atoms with Crippen molar-refractivity contribution in [1.29, 1.82) is 0 Å². The molecule has 0 radical (unpaired) electrons. The van der Waals surface area contributed by atoms with Gasteiger partial charge in [-0.2, -0.15) is 13.2 Å². The SMILES string of the molecule is O=C(c1ccc(I)cc1)c1cc(C(F)(F)F)ccc1F. The summed E-state index contributed by atoms with van der Waals surface area (Å²) in [6.07, 6.45) is -4.62. The van der Waals surface area contributed by atoms with Crippen molar-refractivity contribution in [1.82, 2.24) is 0 Å². The Morgan fingerprint density at radius 1 is 1.00 bits per heavy atom. The van der Waals surface area contributed by atoms with Crippen LogP contribution in [0.1, 0.15) is 21.5 Å². The lowest BCUT2D eigenvalue weighted by Crippen LogP contribution is -2.10. The van der Waals surface area contributed by atoms with E-state index >= 15 is 0 Å². The summed E-state index contributed by atoms with van der Waals surface area (Å²) in [5.41, 5.74) is -1.49. The lowest BCUT2D eigenvalue weighted by atomic mass is 10.0. The van der Waals surface area contributed by atoms with Crippen LogP contribution in [0, 0.1) is 9.39 Å². The highest BCUT2D eigenvalue weighted by molar-refractivity contribution is 14.1. The molecule has 0 saturated carbocycles. The summed E-state index contributed by atoms with van der Waals surface area (Å²) in [6, 6.07) is 7.95. The van der Waals surface area contributed by atoms with Crippen LogP contribution in [0.25, 0.3) is 0 Å². The normalized spacial score (nSPS) is 11.4. The minimum atomic E-state index is -4.62. The predicted molar refractivity (Wildman–Crippen MR) is 74.0 cm³/mol. The molecule has 0 atom stereocenters. The van der Waals surface area contributed by atoms with E-state index in [1.807, 2.05) is 22.6 Å². The zero-order valence-electron chi connectivity index (χ0n) is 9.84. The number of benzene rings is 2. The van der Waals surface area contributed by atoms with E-state index in [1.54, 1.807) is 12.1 Å². The standard InChI is InChI=1S/C14H7F4IO/c15-12-6-3-9(14(16,17)18)7-11(12)13(20)8-1-4-10(19)5-2-8/h1-7H. The average Bonchev–Trinajstić information content (AvgIpc) is 2.38. The zero-order chi connectivity index (χ0) is 14.9. The van der Waals surface area contributed by atoms with Gasteiger partial charge in [-0.1, -0.05) is 0 Å². The summed E-state index contributed by atoms with van der Waals surface area (Å²) in [7, 11) is 0. The van der Waals surface area contributed by atoms with E-state index in [0.717, 1.165) is 3.57 Å². The number of halogens is 5. The smallest absolute Gasteiger partial charge is 0.288 e. The van der Waals surface area contributed by atoms with Crippen LogP contribution in [0.4, 0.5) is 17.6 Å². The molecule has 2 rings (SSSR count). The highest BCUT2D eigenvalue weighted by atomic mass is 127. The van der Waals surface area contributed by atoms with Crippen LogP contribution in [-0.4, -0.2) is 5.78 Å². The van der Waals surface area contributed by atoms with Crippen molar-refractivity contribution in [3.8, 4) is 0 Å². The van der Waals surface area contributed by atoms with Crippen molar-refractivity contribution in [3.05, 3.63) is 68.5 Å². The number of hydrogen-bond donors (Lipinski definition) is 0. The molecule has 0 fully saturated rings. The molecule has 20 heavy (non-hydrogen) atoms. The quantitative estimate of drug-likeness (QED) is 0.411. The zero-order valence-corrected chi connectivity index (χ0v) is 12.0. The van der Waals surface area contributed by atoms with Gasteiger partial charge in [0.25, 0.3) is 0 Å². The maximum Gasteiger partial charge on any atom is 0.416 e. The third kappa shape index (κ3) is 3.17. The van der Waals surface area contributed by atoms with Crippen molar-refractivity contribution in [3.63, 3.8) is 0 Å². The van der Waals surface area contributed by atoms with E-state index < -0.39 is 28.9 Å². The number of carbonyl (C=O) groups excluding carboxylic acids is 1. The molecule has 0 saturated heterocycles. The maximum absolute atomic E-state index is 13.6. The molecule has 0 N–H and O–H groups in total. The molecule has 0 amide bonds. The molecule has 0 aliphatic carbocycles. The molecular formula is C14H7F4IO. The van der Waals surface area contributed by atoms with Crippen molar-refractivity contribution >= 4 is 28.4 Å². The second-order valence-electron chi connectivity index (χ2n) is 4.03. The van der Waals surface area contributed by atoms with Gasteiger partial charge >= 0.3 is 6.18 Å². The first-order valence-electron chi connectivity index (χ1n) is 5.46. The molecular weight excluding hydrogens is 387 g/mol. The van der Waals surface area contributed by atoms with Gasteiger partial charge in [0.2, 0.25) is 0 Å². The number of ketones is 1. The van der Waals surface area contributed by atoms with Crippen molar-refractivity contribution < 1.29 is 22.4 Å². The Kier molecular flexibility index (Phi) is 4.12. The second kappa shape index (κ2) is 5.51. The van der Waals surface area contributed by atoms with Gasteiger partial charge < -0.3 is 0 Å². The van der Waals surface area contributed by atoms with Gasteiger partial charge in [-0.25, -0.2) is 4.39 Å². The lowest BCUT2D eigenvalue weighted by Gasteiger charge is -2.09. The van der Waals surface area contributed by atoms with Crippen LogP contribution < -0.4 is 0 Å². The number of carbonyl (C=O) groups is 1. The number of alkyl halides is 3. The first-order valence-corrected chi connectivity index (χ1v) is 6.54. The van der Waals surface area contributed by atoms with E-state index in [2.05, 4.69) is 0 Å². The summed E-state index contributed by atoms with van der Waals surface area (Å²) in [6.45, 7) is 0. The minimum Gasteiger partial charge on any atom is -0.288 e. The number of rotatable bonds is 2. The van der Waals surface area contributed by atoms with Gasteiger partial charge in [0.05, 0.1) is 11.1 Å². The molecule has 0 aliphatic rings. The van der Waals surface area contributed by atoms with Gasteiger partial charge in [-0.3, -0.25) is 4.79 Å². The van der Waals surface area contributed by atoms with Gasteiger partial charge in [0.1, 0.15) is 5.82 Å². The summed E-state index contributed by atoms with van der Waals surface area (Å²) >= 11 is 2.02. The highest BCUT2D eigenvalue weighted by Gasteiger charge is 2.32. The molecule has 104 valence electrons. The first-order chi connectivity index (χ1) is 9.29. The van der Waals surface area contributed by atoms with Crippen LogP contribution in [0.3, 0.4) is 0 Å².